The Morgan fingerprint density at radius 3 is 2.55 bits per heavy atom. The number of amides is 1. The number of aromatic hydroxyl groups is 1. The van der Waals surface area contributed by atoms with E-state index in [1.165, 1.54) is 6.20 Å². The highest BCUT2D eigenvalue weighted by Gasteiger charge is 2.39. The number of fused-ring (bicyclic) bond motifs is 3. The molecule has 0 saturated carbocycles. The highest BCUT2D eigenvalue weighted by Crippen LogP contribution is 2.46. The second-order valence-corrected chi connectivity index (χ2v) is 11.2. The minimum Gasteiger partial charge on any atom is -0.506 e. The molecule has 2 aliphatic heterocycles. The largest absolute Gasteiger partial charge is 0.506 e. The van der Waals surface area contributed by atoms with Gasteiger partial charge >= 0.3 is 0 Å². The molecule has 1 N–H and O–H groups in total. The molecule has 206 valence electrons. The van der Waals surface area contributed by atoms with Crippen LogP contribution < -0.4 is 9.47 Å². The predicted molar refractivity (Wildman–Crippen MR) is 151 cm³/mol. The number of carbonyl (C=O) groups excluding carboxylic acids is 1. The molecule has 0 unspecified atom stereocenters. The van der Waals surface area contributed by atoms with E-state index in [1.807, 2.05) is 19.9 Å². The van der Waals surface area contributed by atoms with Gasteiger partial charge in [-0.25, -0.2) is 4.68 Å². The second-order valence-electron chi connectivity index (χ2n) is 10.3. The quantitative estimate of drug-likeness (QED) is 0.327. The molecule has 1 saturated heterocycles. The van der Waals surface area contributed by atoms with E-state index >= 15 is 0 Å². The first-order valence-corrected chi connectivity index (χ1v) is 13.4. The Hall–Kier alpha value is -3.79. The predicted octanol–water partition coefficient (Wildman–Crippen LogP) is 5.77. The summed E-state index contributed by atoms with van der Waals surface area (Å²) in [5.74, 6) is 0.905. The number of ether oxygens (including phenoxy) is 3. The van der Waals surface area contributed by atoms with Gasteiger partial charge < -0.3 is 24.2 Å². The van der Waals surface area contributed by atoms with Crippen molar-refractivity contribution in [2.45, 2.75) is 26.0 Å². The third kappa shape index (κ3) is 4.54. The van der Waals surface area contributed by atoms with Crippen LogP contribution in [-0.2, 0) is 11.3 Å². The molecule has 6 rings (SSSR count). The molecule has 0 aliphatic carbocycles. The number of aromatic nitrogens is 3. The molecule has 9 nitrogen and oxygen atoms in total. The maximum atomic E-state index is 14.0. The molecule has 2 aliphatic rings. The fraction of sp³-hybridized carbons (Fsp3) is 0.276. The number of halogens is 2. The van der Waals surface area contributed by atoms with Crippen LogP contribution in [0.4, 0.5) is 0 Å². The Labute approximate surface area is 240 Å². The molecule has 11 heteroatoms. The molecule has 0 atom stereocenters. The summed E-state index contributed by atoms with van der Waals surface area (Å²) >= 11 is 12.8. The number of carbonyl (C=O) groups is 1. The Kier molecular flexibility index (Phi) is 6.60. The number of morpholine rings is 1. The smallest absolute Gasteiger partial charge is 0.275 e. The van der Waals surface area contributed by atoms with Gasteiger partial charge in [-0.2, -0.15) is 5.10 Å². The number of rotatable bonds is 4. The lowest BCUT2D eigenvalue weighted by Gasteiger charge is -2.41. The fourth-order valence-corrected chi connectivity index (χ4v) is 5.75. The maximum Gasteiger partial charge on any atom is 0.275 e. The monoisotopic (exact) mass is 580 g/mol. The van der Waals surface area contributed by atoms with E-state index in [2.05, 4.69) is 4.98 Å². The zero-order chi connectivity index (χ0) is 28.2. The van der Waals surface area contributed by atoms with E-state index in [0.29, 0.717) is 74.9 Å². The molecule has 4 heterocycles. The van der Waals surface area contributed by atoms with Crippen LogP contribution in [0.25, 0.3) is 28.1 Å². The molecular formula is C29H26Cl2N4O5. The molecule has 2 aromatic carbocycles. The Balaban J connectivity index is 1.60. The average Bonchev–Trinajstić information content (AvgIpc) is 3.31. The first-order chi connectivity index (χ1) is 19.2. The van der Waals surface area contributed by atoms with E-state index in [9.17, 15) is 9.90 Å². The van der Waals surface area contributed by atoms with E-state index in [1.54, 1.807) is 53.2 Å². The van der Waals surface area contributed by atoms with Crippen molar-refractivity contribution in [3.8, 4) is 45.3 Å². The van der Waals surface area contributed by atoms with Gasteiger partial charge in [0.1, 0.15) is 23.9 Å². The van der Waals surface area contributed by atoms with Gasteiger partial charge in [-0.15, -0.1) is 0 Å². The summed E-state index contributed by atoms with van der Waals surface area (Å²) in [6.45, 7) is 5.38. The fourth-order valence-electron chi connectivity index (χ4n) is 5.23. The summed E-state index contributed by atoms with van der Waals surface area (Å²) in [5, 5.41) is 15.8. The third-order valence-corrected chi connectivity index (χ3v) is 7.57. The minimum absolute atomic E-state index is 0.0221. The number of methoxy groups -OCH3 is 1. The number of nitrogens with zero attached hydrogens (tertiary/aromatic N) is 4. The van der Waals surface area contributed by atoms with E-state index in [-0.39, 0.29) is 24.0 Å². The van der Waals surface area contributed by atoms with Gasteiger partial charge in [-0.3, -0.25) is 9.78 Å². The van der Waals surface area contributed by atoms with Crippen molar-refractivity contribution in [2.75, 3.05) is 26.9 Å². The Morgan fingerprint density at radius 1 is 1.07 bits per heavy atom. The lowest BCUT2D eigenvalue weighted by atomic mass is 9.95. The number of hydrogen-bond donors (Lipinski definition) is 1. The van der Waals surface area contributed by atoms with Crippen molar-refractivity contribution in [1.82, 2.24) is 19.7 Å². The highest BCUT2D eigenvalue weighted by atomic mass is 35.5. The molecule has 0 radical (unpaired) electrons. The van der Waals surface area contributed by atoms with E-state index in [0.717, 1.165) is 0 Å². The lowest BCUT2D eigenvalue weighted by Crippen LogP contribution is -2.55. The Bertz CT molecular complexity index is 1630. The average molecular weight is 581 g/mol. The van der Waals surface area contributed by atoms with Crippen LogP contribution in [0.5, 0.6) is 17.2 Å². The molecule has 1 amide bonds. The summed E-state index contributed by atoms with van der Waals surface area (Å²) < 4.78 is 19.2. The third-order valence-electron chi connectivity index (χ3n) is 7.13. The zero-order valence-corrected chi connectivity index (χ0v) is 23.6. The molecule has 4 aromatic rings. The van der Waals surface area contributed by atoms with Crippen LogP contribution in [0.1, 0.15) is 29.9 Å². The van der Waals surface area contributed by atoms with Gasteiger partial charge in [0.25, 0.3) is 5.91 Å². The summed E-state index contributed by atoms with van der Waals surface area (Å²) in [7, 11) is 1.56. The summed E-state index contributed by atoms with van der Waals surface area (Å²) in [5.41, 5.74) is 3.69. The first kappa shape index (κ1) is 26.4. The van der Waals surface area contributed by atoms with Crippen molar-refractivity contribution >= 4 is 29.1 Å². The van der Waals surface area contributed by atoms with Gasteiger partial charge in [0, 0.05) is 51.1 Å². The molecule has 1 fully saturated rings. The van der Waals surface area contributed by atoms with Gasteiger partial charge in [0.2, 0.25) is 0 Å². The van der Waals surface area contributed by atoms with Gasteiger partial charge in [0.15, 0.2) is 5.69 Å². The lowest BCUT2D eigenvalue weighted by molar-refractivity contribution is -0.0374. The first-order valence-electron chi connectivity index (χ1n) is 12.6. The van der Waals surface area contributed by atoms with Crippen molar-refractivity contribution in [2.24, 2.45) is 0 Å². The molecule has 0 bridgehead atoms. The highest BCUT2D eigenvalue weighted by molar-refractivity contribution is 6.34. The number of benzene rings is 2. The van der Waals surface area contributed by atoms with Crippen molar-refractivity contribution in [1.29, 1.82) is 0 Å². The van der Waals surface area contributed by atoms with Gasteiger partial charge in [-0.05, 0) is 44.2 Å². The van der Waals surface area contributed by atoms with Crippen LogP contribution in [0.15, 0.2) is 48.8 Å². The standard InChI is InChI=1S/C29H26Cl2N4O5/c1-29(2)15-39-5-4-34(29)28(37)26-23-14-40-25-11-24(38-3)21(16-6-20(36)13-32-12-16)10-22(25)27(23)35(33-26)19-8-17(30)7-18(31)9-19/h6-13,36H,4-5,14-15H2,1-3H3. The normalized spacial score (nSPS) is 15.7. The van der Waals surface area contributed by atoms with Gasteiger partial charge in [0.05, 0.1) is 43.4 Å². The van der Waals surface area contributed by atoms with Crippen LogP contribution in [-0.4, -0.2) is 63.1 Å². The number of pyridine rings is 1. The van der Waals surface area contributed by atoms with E-state index < -0.39 is 5.54 Å². The minimum atomic E-state index is -0.512. The SMILES string of the molecule is COc1cc2c(cc1-c1cncc(O)c1)-c1c(c(C(=O)N3CCOCC3(C)C)nn1-c1cc(Cl)cc(Cl)c1)CO2. The van der Waals surface area contributed by atoms with Gasteiger partial charge in [-0.1, -0.05) is 23.2 Å². The molecule has 2 aromatic heterocycles. The van der Waals surface area contributed by atoms with E-state index in [4.69, 9.17) is 42.5 Å². The Morgan fingerprint density at radius 2 is 1.85 bits per heavy atom. The topological polar surface area (TPSA) is 98.9 Å². The summed E-state index contributed by atoms with van der Waals surface area (Å²) in [6.07, 6.45) is 3.00. The second kappa shape index (κ2) is 9.99. The molecule has 0 spiro atoms. The van der Waals surface area contributed by atoms with Crippen LogP contribution in [0.2, 0.25) is 10.0 Å². The van der Waals surface area contributed by atoms with Crippen LogP contribution in [0.3, 0.4) is 0 Å². The number of hydrogen-bond acceptors (Lipinski definition) is 7. The van der Waals surface area contributed by atoms with Crippen molar-refractivity contribution in [3.63, 3.8) is 0 Å². The zero-order valence-electron chi connectivity index (χ0n) is 22.1. The van der Waals surface area contributed by atoms with Crippen molar-refractivity contribution in [3.05, 3.63) is 70.1 Å². The summed E-state index contributed by atoms with van der Waals surface area (Å²) in [4.78, 5) is 20.0. The van der Waals surface area contributed by atoms with Crippen LogP contribution in [0, 0.1) is 0 Å². The maximum absolute atomic E-state index is 14.0. The van der Waals surface area contributed by atoms with Crippen LogP contribution >= 0.6 is 23.2 Å². The van der Waals surface area contributed by atoms with Crippen molar-refractivity contribution < 1.29 is 24.1 Å². The molecule has 40 heavy (non-hydrogen) atoms. The molecular weight excluding hydrogens is 555 g/mol. The summed E-state index contributed by atoms with van der Waals surface area (Å²) in [6, 6.07) is 10.4.